The van der Waals surface area contributed by atoms with Crippen LogP contribution in [0.4, 0.5) is 17.6 Å². The van der Waals surface area contributed by atoms with E-state index in [2.05, 4.69) is 13.0 Å². The summed E-state index contributed by atoms with van der Waals surface area (Å²) in [5.41, 5.74) is -0.261. The van der Waals surface area contributed by atoms with E-state index in [0.29, 0.717) is 11.5 Å². The zero-order valence-electron chi connectivity index (χ0n) is 19.6. The van der Waals surface area contributed by atoms with Crippen molar-refractivity contribution in [3.8, 4) is 16.9 Å². The van der Waals surface area contributed by atoms with Gasteiger partial charge in [0.2, 0.25) is 5.82 Å². The number of benzene rings is 2. The summed E-state index contributed by atoms with van der Waals surface area (Å²) < 4.78 is 64.6. The highest BCUT2D eigenvalue weighted by atomic mass is 19.2. The van der Waals surface area contributed by atoms with Gasteiger partial charge in [-0.15, -0.1) is 0 Å². The first-order chi connectivity index (χ1) is 16.0. The lowest BCUT2D eigenvalue weighted by Crippen LogP contribution is -2.13. The van der Waals surface area contributed by atoms with Crippen LogP contribution in [-0.2, 0) is 0 Å². The van der Waals surface area contributed by atoms with Crippen LogP contribution in [-0.4, -0.2) is 6.61 Å². The minimum absolute atomic E-state index is 0.0651. The van der Waals surface area contributed by atoms with Gasteiger partial charge in [-0.2, -0.15) is 4.39 Å². The summed E-state index contributed by atoms with van der Waals surface area (Å²) >= 11 is 0. The van der Waals surface area contributed by atoms with Crippen molar-refractivity contribution < 1.29 is 22.3 Å². The van der Waals surface area contributed by atoms with Gasteiger partial charge in [0.1, 0.15) is 0 Å². The molecule has 180 valence electrons. The molecule has 1 aliphatic carbocycles. The van der Waals surface area contributed by atoms with E-state index < -0.39 is 23.3 Å². The first-order valence-corrected chi connectivity index (χ1v) is 12.2. The molecule has 0 saturated heterocycles. The van der Waals surface area contributed by atoms with Gasteiger partial charge in [-0.25, -0.2) is 13.2 Å². The minimum Gasteiger partial charge on any atom is -0.490 e. The van der Waals surface area contributed by atoms with Gasteiger partial charge in [0.25, 0.3) is 0 Å². The molecule has 1 nitrogen and oxygen atoms in total. The van der Waals surface area contributed by atoms with E-state index in [0.717, 1.165) is 57.8 Å². The Morgan fingerprint density at radius 3 is 2.09 bits per heavy atom. The fourth-order valence-electron chi connectivity index (χ4n) is 4.72. The van der Waals surface area contributed by atoms with Crippen LogP contribution in [0.25, 0.3) is 11.1 Å². The SMILES string of the molecule is C/C=C/C1CCC(c2ccc(-c3ccc(OCCCCCCC)c(F)c3F)c(F)c2F)CC1. The van der Waals surface area contributed by atoms with Crippen molar-refractivity contribution in [3.63, 3.8) is 0 Å². The van der Waals surface area contributed by atoms with Crippen LogP contribution in [0.5, 0.6) is 5.75 Å². The van der Waals surface area contributed by atoms with E-state index in [9.17, 15) is 17.6 Å². The molecule has 0 aromatic heterocycles. The van der Waals surface area contributed by atoms with E-state index in [-0.39, 0.29) is 29.4 Å². The number of allylic oxidation sites excluding steroid dienone is 2. The molecule has 1 fully saturated rings. The molecule has 1 saturated carbocycles. The fourth-order valence-corrected chi connectivity index (χ4v) is 4.72. The Morgan fingerprint density at radius 1 is 0.788 bits per heavy atom. The third kappa shape index (κ3) is 6.18. The Morgan fingerprint density at radius 2 is 1.42 bits per heavy atom. The summed E-state index contributed by atoms with van der Waals surface area (Å²) in [6.07, 6.45) is 12.6. The Labute approximate surface area is 194 Å². The molecule has 0 amide bonds. The predicted octanol–water partition coefficient (Wildman–Crippen LogP) is 9.11. The molecule has 0 radical (unpaired) electrons. The average molecular weight is 463 g/mol. The Balaban J connectivity index is 1.73. The third-order valence-electron chi connectivity index (χ3n) is 6.63. The Kier molecular flexibility index (Phi) is 9.40. The number of ether oxygens (including phenoxy) is 1. The second kappa shape index (κ2) is 12.2. The molecule has 0 spiro atoms. The van der Waals surface area contributed by atoms with Crippen LogP contribution < -0.4 is 4.74 Å². The van der Waals surface area contributed by atoms with Crippen LogP contribution >= 0.6 is 0 Å². The number of rotatable bonds is 10. The summed E-state index contributed by atoms with van der Waals surface area (Å²) in [4.78, 5) is 0. The Bertz CT molecular complexity index is 945. The van der Waals surface area contributed by atoms with Gasteiger partial charge in [0.15, 0.2) is 23.2 Å². The van der Waals surface area contributed by atoms with Crippen molar-refractivity contribution in [3.05, 3.63) is 65.2 Å². The smallest absolute Gasteiger partial charge is 0.201 e. The van der Waals surface area contributed by atoms with Crippen molar-refractivity contribution in [1.29, 1.82) is 0 Å². The van der Waals surface area contributed by atoms with Crippen LogP contribution in [0, 0.1) is 29.2 Å². The zero-order chi connectivity index (χ0) is 23.8. The highest BCUT2D eigenvalue weighted by molar-refractivity contribution is 5.66. The van der Waals surface area contributed by atoms with Crippen molar-refractivity contribution >= 4 is 0 Å². The van der Waals surface area contributed by atoms with Gasteiger partial charge in [-0.3, -0.25) is 0 Å². The quantitative estimate of drug-likeness (QED) is 0.194. The monoisotopic (exact) mass is 462 g/mol. The summed E-state index contributed by atoms with van der Waals surface area (Å²) in [5, 5.41) is 0. The lowest BCUT2D eigenvalue weighted by Gasteiger charge is -2.27. The maximum absolute atomic E-state index is 15.0. The maximum atomic E-state index is 15.0. The molecule has 0 unspecified atom stereocenters. The molecule has 0 heterocycles. The fraction of sp³-hybridized carbons (Fsp3) is 0.500. The Hall–Kier alpha value is -2.30. The van der Waals surface area contributed by atoms with Crippen molar-refractivity contribution in [1.82, 2.24) is 0 Å². The molecule has 0 N–H and O–H groups in total. The third-order valence-corrected chi connectivity index (χ3v) is 6.63. The number of unbranched alkanes of at least 4 members (excludes halogenated alkanes) is 4. The van der Waals surface area contributed by atoms with Crippen molar-refractivity contribution in [2.75, 3.05) is 6.61 Å². The summed E-state index contributed by atoms with van der Waals surface area (Å²) in [6, 6.07) is 5.42. The molecule has 0 bridgehead atoms. The lowest BCUT2D eigenvalue weighted by atomic mass is 9.78. The zero-order valence-corrected chi connectivity index (χ0v) is 19.6. The lowest BCUT2D eigenvalue weighted by molar-refractivity contribution is 0.285. The normalized spacial score (nSPS) is 18.7. The first-order valence-electron chi connectivity index (χ1n) is 12.2. The van der Waals surface area contributed by atoms with Gasteiger partial charge >= 0.3 is 0 Å². The molecule has 1 aliphatic rings. The standard InChI is InChI=1S/C28H34F4O/c1-3-5-6-7-8-18-33-24-17-16-23(27(31)28(24)32)22-15-14-21(25(29)26(22)30)20-12-10-19(9-4-2)11-13-20/h4,9,14-17,19-20H,3,5-8,10-13,18H2,1-2H3/b9-4+. The van der Waals surface area contributed by atoms with E-state index in [4.69, 9.17) is 4.74 Å². The van der Waals surface area contributed by atoms with Gasteiger partial charge in [-0.1, -0.05) is 56.9 Å². The summed E-state index contributed by atoms with van der Waals surface area (Å²) in [7, 11) is 0. The topological polar surface area (TPSA) is 9.23 Å². The molecular formula is C28H34F4O. The van der Waals surface area contributed by atoms with E-state index in [1.54, 1.807) is 0 Å². The molecule has 2 aromatic rings. The molecule has 2 aromatic carbocycles. The van der Waals surface area contributed by atoms with Crippen molar-refractivity contribution in [2.24, 2.45) is 5.92 Å². The van der Waals surface area contributed by atoms with Gasteiger partial charge < -0.3 is 4.74 Å². The van der Waals surface area contributed by atoms with E-state index in [1.807, 2.05) is 13.0 Å². The second-order valence-corrected chi connectivity index (χ2v) is 8.97. The molecular weight excluding hydrogens is 428 g/mol. The van der Waals surface area contributed by atoms with Gasteiger partial charge in [0.05, 0.1) is 6.61 Å². The number of halogens is 4. The number of hydrogen-bond acceptors (Lipinski definition) is 1. The van der Waals surface area contributed by atoms with Gasteiger partial charge in [-0.05, 0) is 68.6 Å². The first kappa shape index (κ1) is 25.3. The molecule has 0 aliphatic heterocycles. The van der Waals surface area contributed by atoms with Crippen molar-refractivity contribution in [2.45, 2.75) is 77.6 Å². The molecule has 0 atom stereocenters. The van der Waals surface area contributed by atoms with Crippen LogP contribution in [0.2, 0.25) is 0 Å². The van der Waals surface area contributed by atoms with Crippen LogP contribution in [0.1, 0.15) is 83.1 Å². The average Bonchev–Trinajstić information content (AvgIpc) is 2.82. The largest absolute Gasteiger partial charge is 0.490 e. The second-order valence-electron chi connectivity index (χ2n) is 8.97. The van der Waals surface area contributed by atoms with Crippen LogP contribution in [0.3, 0.4) is 0 Å². The maximum Gasteiger partial charge on any atom is 0.201 e. The molecule has 5 heteroatoms. The summed E-state index contributed by atoms with van der Waals surface area (Å²) in [5.74, 6) is -4.29. The summed E-state index contributed by atoms with van der Waals surface area (Å²) in [6.45, 7) is 4.39. The van der Waals surface area contributed by atoms with Gasteiger partial charge in [0, 0.05) is 11.1 Å². The minimum atomic E-state index is -1.23. The van der Waals surface area contributed by atoms with E-state index >= 15 is 0 Å². The highest BCUT2D eigenvalue weighted by Gasteiger charge is 2.27. The van der Waals surface area contributed by atoms with E-state index in [1.165, 1.54) is 24.3 Å². The molecule has 3 rings (SSSR count). The number of hydrogen-bond donors (Lipinski definition) is 0. The van der Waals surface area contributed by atoms with Crippen LogP contribution in [0.15, 0.2) is 36.4 Å². The predicted molar refractivity (Wildman–Crippen MR) is 125 cm³/mol. The molecule has 33 heavy (non-hydrogen) atoms. The highest BCUT2D eigenvalue weighted by Crippen LogP contribution is 2.40.